The molecule has 2 aromatic rings. The molecule has 0 saturated carbocycles. The zero-order valence-electron chi connectivity index (χ0n) is 19.1. The van der Waals surface area contributed by atoms with E-state index in [4.69, 9.17) is 0 Å². The Hall–Kier alpha value is -3.04. The molecule has 0 aromatic heterocycles. The average molecular weight is 482 g/mol. The lowest BCUT2D eigenvalue weighted by molar-refractivity contribution is -0.129. The third-order valence-corrected chi connectivity index (χ3v) is 7.00. The molecule has 3 N–H and O–H groups in total. The number of nitrogens with one attached hydrogen (secondary N) is 3. The fourth-order valence-corrected chi connectivity index (χ4v) is 5.15. The van der Waals surface area contributed by atoms with Crippen LogP contribution < -0.4 is 20.9 Å². The first-order valence-electron chi connectivity index (χ1n) is 11.6. The number of rotatable bonds is 8. The number of hydrogen-bond acceptors (Lipinski definition) is 6. The smallest absolute Gasteiger partial charge is 0.232 e. The van der Waals surface area contributed by atoms with Gasteiger partial charge in [-0.2, -0.15) is 0 Å². The van der Waals surface area contributed by atoms with Crippen molar-refractivity contribution in [2.24, 2.45) is 0 Å². The highest BCUT2D eigenvalue weighted by Gasteiger charge is 2.29. The molecule has 4 rings (SSSR count). The van der Waals surface area contributed by atoms with E-state index in [2.05, 4.69) is 33.0 Å². The highest BCUT2D eigenvalue weighted by atomic mass is 32.2. The molecule has 0 spiro atoms. The summed E-state index contributed by atoms with van der Waals surface area (Å²) < 4.78 is 0. The van der Waals surface area contributed by atoms with Crippen LogP contribution >= 0.6 is 11.8 Å². The van der Waals surface area contributed by atoms with E-state index in [9.17, 15) is 14.4 Å². The Morgan fingerprint density at radius 2 is 1.65 bits per heavy atom. The Morgan fingerprint density at radius 1 is 0.971 bits per heavy atom. The minimum Gasteiger partial charge on any atom is -0.368 e. The number of thioether (sulfide) groups is 1. The van der Waals surface area contributed by atoms with Crippen molar-refractivity contribution in [1.82, 2.24) is 20.9 Å². The van der Waals surface area contributed by atoms with Gasteiger partial charge in [0.25, 0.3) is 0 Å². The monoisotopic (exact) mass is 481 g/mol. The average Bonchev–Trinajstić information content (AvgIpc) is 2.87. The van der Waals surface area contributed by atoms with Gasteiger partial charge in [-0.05, 0) is 17.7 Å². The van der Waals surface area contributed by atoms with Gasteiger partial charge in [0.15, 0.2) is 0 Å². The van der Waals surface area contributed by atoms with Crippen molar-refractivity contribution in [3.8, 4) is 0 Å². The number of carbonyl (C=O) groups is 3. The molecule has 2 atom stereocenters. The van der Waals surface area contributed by atoms with Crippen molar-refractivity contribution in [3.05, 3.63) is 66.2 Å². The third kappa shape index (κ3) is 6.98. The van der Waals surface area contributed by atoms with Crippen molar-refractivity contribution in [2.45, 2.75) is 30.9 Å². The summed E-state index contributed by atoms with van der Waals surface area (Å²) in [5.41, 5.74) is 1.82. The molecule has 2 aromatic carbocycles. The van der Waals surface area contributed by atoms with E-state index in [0.717, 1.165) is 18.7 Å². The number of hydrogen-bond donors (Lipinski definition) is 3. The molecule has 2 aliphatic rings. The number of anilines is 1. The van der Waals surface area contributed by atoms with E-state index in [1.54, 1.807) is 0 Å². The summed E-state index contributed by atoms with van der Waals surface area (Å²) in [6, 6.07) is 19.7. The van der Waals surface area contributed by atoms with Gasteiger partial charge in [-0.25, -0.2) is 0 Å². The van der Waals surface area contributed by atoms with E-state index >= 15 is 0 Å². The second-order valence-corrected chi connectivity index (χ2v) is 9.59. The summed E-state index contributed by atoms with van der Waals surface area (Å²) in [5, 5.41) is 9.06. The Bertz CT molecular complexity index is 967. The molecule has 2 aliphatic heterocycles. The summed E-state index contributed by atoms with van der Waals surface area (Å²) in [6.07, 6.45) is 0.456. The summed E-state index contributed by atoms with van der Waals surface area (Å²) in [7, 11) is 0. The van der Waals surface area contributed by atoms with Crippen LogP contribution in [0.4, 0.5) is 5.69 Å². The van der Waals surface area contributed by atoms with Gasteiger partial charge in [0.1, 0.15) is 5.50 Å². The highest BCUT2D eigenvalue weighted by Crippen LogP contribution is 2.18. The van der Waals surface area contributed by atoms with Gasteiger partial charge < -0.3 is 20.4 Å². The molecule has 2 fully saturated rings. The number of carbonyl (C=O) groups excluding carboxylic acids is 3. The van der Waals surface area contributed by atoms with Crippen LogP contribution in [0.1, 0.15) is 18.4 Å². The number of nitrogens with zero attached hydrogens (tertiary/aromatic N) is 2. The lowest BCUT2D eigenvalue weighted by Gasteiger charge is -2.36. The van der Waals surface area contributed by atoms with Crippen molar-refractivity contribution in [1.29, 1.82) is 0 Å². The summed E-state index contributed by atoms with van der Waals surface area (Å²) in [5.74, 6) is 0.126. The van der Waals surface area contributed by atoms with Gasteiger partial charge >= 0.3 is 0 Å². The van der Waals surface area contributed by atoms with E-state index in [0.29, 0.717) is 19.6 Å². The maximum atomic E-state index is 12.7. The van der Waals surface area contributed by atoms with Crippen LogP contribution in [0.15, 0.2) is 60.7 Å². The van der Waals surface area contributed by atoms with Gasteiger partial charge in [-0.3, -0.25) is 19.7 Å². The normalized spacial score (nSPS) is 20.5. The molecular weight excluding hydrogens is 450 g/mol. The van der Waals surface area contributed by atoms with Crippen molar-refractivity contribution >= 4 is 35.2 Å². The molecule has 34 heavy (non-hydrogen) atoms. The zero-order valence-corrected chi connectivity index (χ0v) is 19.9. The molecule has 8 nitrogen and oxygen atoms in total. The van der Waals surface area contributed by atoms with Crippen LogP contribution in [0.2, 0.25) is 0 Å². The van der Waals surface area contributed by atoms with Crippen molar-refractivity contribution < 1.29 is 14.4 Å². The summed E-state index contributed by atoms with van der Waals surface area (Å²) >= 11 is 1.36. The number of piperazine rings is 1. The van der Waals surface area contributed by atoms with Gasteiger partial charge in [-0.1, -0.05) is 48.5 Å². The SMILES string of the molecule is O=C(CC1CC(=O)NC(SCC(=O)N2CCN(c3ccccc3)CC2)N1)NCc1ccccc1. The molecule has 2 saturated heterocycles. The Labute approximate surface area is 204 Å². The molecule has 3 amide bonds. The molecule has 0 radical (unpaired) electrons. The lowest BCUT2D eigenvalue weighted by atomic mass is 10.1. The minimum atomic E-state index is -0.386. The quantitative estimate of drug-likeness (QED) is 0.530. The van der Waals surface area contributed by atoms with Crippen molar-refractivity contribution in [3.63, 3.8) is 0 Å². The lowest BCUT2D eigenvalue weighted by Crippen LogP contribution is -2.56. The molecule has 0 aliphatic carbocycles. The first-order chi connectivity index (χ1) is 16.6. The second kappa shape index (κ2) is 11.9. The number of benzene rings is 2. The van der Waals surface area contributed by atoms with Crippen LogP contribution in [0, 0.1) is 0 Å². The second-order valence-electron chi connectivity index (χ2n) is 8.50. The van der Waals surface area contributed by atoms with Crippen LogP contribution in [-0.2, 0) is 20.9 Å². The van der Waals surface area contributed by atoms with E-state index in [-0.39, 0.29) is 47.9 Å². The van der Waals surface area contributed by atoms with Crippen molar-refractivity contribution in [2.75, 3.05) is 36.8 Å². The minimum absolute atomic E-state index is 0.0662. The molecular formula is C25H31N5O3S. The molecule has 180 valence electrons. The van der Waals surface area contributed by atoms with Gasteiger partial charge in [0, 0.05) is 57.3 Å². The Morgan fingerprint density at radius 3 is 2.35 bits per heavy atom. The van der Waals surface area contributed by atoms with Crippen LogP contribution in [0.25, 0.3) is 0 Å². The molecule has 2 unspecified atom stereocenters. The first kappa shape index (κ1) is 24.1. The fraction of sp³-hybridized carbons (Fsp3) is 0.400. The number of para-hydroxylation sites is 1. The summed E-state index contributed by atoms with van der Waals surface area (Å²) in [6.45, 7) is 3.44. The highest BCUT2D eigenvalue weighted by molar-refractivity contribution is 8.00. The standard InChI is InChI=1S/C25H31N5O3S/c31-22(26-17-19-7-3-1-4-8-19)15-20-16-23(32)28-25(27-20)34-18-24(33)30-13-11-29(12-14-30)21-9-5-2-6-10-21/h1-10,20,25,27H,11-18H2,(H,26,31)(H,28,32). The number of amides is 3. The molecule has 2 heterocycles. The first-order valence-corrected chi connectivity index (χ1v) is 12.7. The van der Waals surface area contributed by atoms with Gasteiger partial charge in [-0.15, -0.1) is 11.8 Å². The predicted octanol–water partition coefficient (Wildman–Crippen LogP) is 1.54. The maximum Gasteiger partial charge on any atom is 0.232 e. The van der Waals surface area contributed by atoms with Gasteiger partial charge in [0.05, 0.1) is 5.75 Å². The van der Waals surface area contributed by atoms with E-state index in [1.165, 1.54) is 17.4 Å². The van der Waals surface area contributed by atoms with Crippen LogP contribution in [0.5, 0.6) is 0 Å². The third-order valence-electron chi connectivity index (χ3n) is 6.00. The zero-order chi connectivity index (χ0) is 23.8. The van der Waals surface area contributed by atoms with E-state index in [1.807, 2.05) is 53.4 Å². The molecule has 0 bridgehead atoms. The predicted molar refractivity (Wildman–Crippen MR) is 134 cm³/mol. The largest absolute Gasteiger partial charge is 0.368 e. The Balaban J connectivity index is 1.18. The van der Waals surface area contributed by atoms with Gasteiger partial charge in [0.2, 0.25) is 17.7 Å². The fourth-order valence-electron chi connectivity index (χ4n) is 4.16. The topological polar surface area (TPSA) is 93.8 Å². The Kier molecular flexibility index (Phi) is 8.43. The summed E-state index contributed by atoms with van der Waals surface area (Å²) in [4.78, 5) is 41.4. The molecule has 9 heteroatoms. The van der Waals surface area contributed by atoms with Crippen LogP contribution in [0.3, 0.4) is 0 Å². The maximum absolute atomic E-state index is 12.7. The van der Waals surface area contributed by atoms with Crippen LogP contribution in [-0.4, -0.2) is 66.1 Å². The van der Waals surface area contributed by atoms with E-state index < -0.39 is 0 Å².